The van der Waals surface area contributed by atoms with E-state index >= 15 is 0 Å². The summed E-state index contributed by atoms with van der Waals surface area (Å²) in [6, 6.07) is 8.08. The van der Waals surface area contributed by atoms with Gasteiger partial charge in [0.25, 0.3) is 0 Å². The van der Waals surface area contributed by atoms with Crippen LogP contribution in [0.2, 0.25) is 0 Å². The number of hydrogen-bond acceptors (Lipinski definition) is 4. The fraction of sp³-hybridized carbons (Fsp3) is 0.533. The molecular weight excluding hydrogens is 256 g/mol. The zero-order valence-electron chi connectivity index (χ0n) is 11.4. The van der Waals surface area contributed by atoms with Gasteiger partial charge in [0, 0.05) is 44.1 Å². The van der Waals surface area contributed by atoms with E-state index in [1.807, 2.05) is 18.2 Å². The Labute approximate surface area is 118 Å². The summed E-state index contributed by atoms with van der Waals surface area (Å²) in [5.41, 5.74) is 1.43. The van der Waals surface area contributed by atoms with Gasteiger partial charge in [-0.2, -0.15) is 0 Å². The third-order valence-corrected chi connectivity index (χ3v) is 4.07. The SMILES string of the molecule is O=C(CC1CNc2ccccc21)NCC1(O)CCOC1. The van der Waals surface area contributed by atoms with Crippen molar-refractivity contribution >= 4 is 11.6 Å². The Morgan fingerprint density at radius 1 is 1.50 bits per heavy atom. The third-order valence-electron chi connectivity index (χ3n) is 4.07. The van der Waals surface area contributed by atoms with E-state index in [1.165, 1.54) is 5.56 Å². The average molecular weight is 276 g/mol. The van der Waals surface area contributed by atoms with Crippen LogP contribution in [-0.2, 0) is 9.53 Å². The number of nitrogens with one attached hydrogen (secondary N) is 2. The fourth-order valence-electron chi connectivity index (χ4n) is 2.83. The second-order valence-corrected chi connectivity index (χ2v) is 5.67. The highest BCUT2D eigenvalue weighted by molar-refractivity contribution is 5.78. The number of benzene rings is 1. The van der Waals surface area contributed by atoms with Crippen molar-refractivity contribution in [2.24, 2.45) is 0 Å². The summed E-state index contributed by atoms with van der Waals surface area (Å²) < 4.78 is 5.16. The number of aliphatic hydroxyl groups is 1. The van der Waals surface area contributed by atoms with Crippen molar-refractivity contribution in [3.63, 3.8) is 0 Å². The Hall–Kier alpha value is -1.59. The highest BCUT2D eigenvalue weighted by atomic mass is 16.5. The van der Waals surface area contributed by atoms with Crippen LogP contribution in [0.3, 0.4) is 0 Å². The number of carbonyl (C=O) groups is 1. The average Bonchev–Trinajstić information content (AvgIpc) is 3.05. The van der Waals surface area contributed by atoms with E-state index in [1.54, 1.807) is 0 Å². The van der Waals surface area contributed by atoms with Crippen LogP contribution >= 0.6 is 0 Å². The largest absolute Gasteiger partial charge is 0.386 e. The molecule has 1 saturated heterocycles. The summed E-state index contributed by atoms with van der Waals surface area (Å²) in [4.78, 5) is 12.0. The number of amides is 1. The molecule has 2 aliphatic rings. The zero-order valence-corrected chi connectivity index (χ0v) is 11.4. The Balaban J connectivity index is 1.53. The van der Waals surface area contributed by atoms with Crippen LogP contribution in [0.1, 0.15) is 24.3 Å². The first kappa shape index (κ1) is 13.4. The number of fused-ring (bicyclic) bond motifs is 1. The normalized spacial score (nSPS) is 27.9. The molecule has 1 fully saturated rings. The number of hydrogen-bond donors (Lipinski definition) is 3. The van der Waals surface area contributed by atoms with Gasteiger partial charge < -0.3 is 20.5 Å². The van der Waals surface area contributed by atoms with Crippen LogP contribution in [0.25, 0.3) is 0 Å². The van der Waals surface area contributed by atoms with Gasteiger partial charge in [0.05, 0.1) is 6.61 Å². The molecule has 0 aliphatic carbocycles. The molecule has 108 valence electrons. The van der Waals surface area contributed by atoms with Gasteiger partial charge in [-0.15, -0.1) is 0 Å². The van der Waals surface area contributed by atoms with Gasteiger partial charge in [-0.1, -0.05) is 18.2 Å². The minimum atomic E-state index is -0.887. The van der Waals surface area contributed by atoms with Gasteiger partial charge in [-0.05, 0) is 11.6 Å². The predicted octanol–water partition coefficient (Wildman–Crippen LogP) is 0.853. The monoisotopic (exact) mass is 276 g/mol. The van der Waals surface area contributed by atoms with Crippen LogP contribution < -0.4 is 10.6 Å². The first-order valence-corrected chi connectivity index (χ1v) is 7.06. The fourth-order valence-corrected chi connectivity index (χ4v) is 2.83. The lowest BCUT2D eigenvalue weighted by Crippen LogP contribution is -2.43. The molecule has 0 saturated carbocycles. The number of carbonyl (C=O) groups excluding carboxylic acids is 1. The van der Waals surface area contributed by atoms with Crippen molar-refractivity contribution in [3.8, 4) is 0 Å². The number of rotatable bonds is 4. The molecule has 3 rings (SSSR count). The first-order chi connectivity index (χ1) is 9.66. The Morgan fingerprint density at radius 2 is 2.35 bits per heavy atom. The van der Waals surface area contributed by atoms with E-state index < -0.39 is 5.60 Å². The minimum absolute atomic E-state index is 0.0196. The molecule has 0 aromatic heterocycles. The van der Waals surface area contributed by atoms with Crippen LogP contribution in [0.4, 0.5) is 5.69 Å². The highest BCUT2D eigenvalue weighted by Crippen LogP contribution is 2.33. The Bertz CT molecular complexity index is 498. The molecule has 5 nitrogen and oxygen atoms in total. The van der Waals surface area contributed by atoms with Crippen molar-refractivity contribution in [2.45, 2.75) is 24.4 Å². The smallest absolute Gasteiger partial charge is 0.220 e. The van der Waals surface area contributed by atoms with Gasteiger partial charge in [0.15, 0.2) is 0 Å². The minimum Gasteiger partial charge on any atom is -0.386 e. The molecule has 0 spiro atoms. The quantitative estimate of drug-likeness (QED) is 0.762. The summed E-state index contributed by atoms with van der Waals surface area (Å²) in [6.45, 7) is 1.93. The molecular formula is C15H20N2O3. The molecule has 0 bridgehead atoms. The second kappa shape index (κ2) is 5.42. The van der Waals surface area contributed by atoms with Crippen LogP contribution in [-0.4, -0.2) is 42.9 Å². The van der Waals surface area contributed by atoms with E-state index in [2.05, 4.69) is 16.7 Å². The van der Waals surface area contributed by atoms with Crippen molar-refractivity contribution in [1.29, 1.82) is 0 Å². The van der Waals surface area contributed by atoms with Gasteiger partial charge in [-0.3, -0.25) is 4.79 Å². The summed E-state index contributed by atoms with van der Waals surface area (Å²) in [6.07, 6.45) is 1.03. The molecule has 3 N–H and O–H groups in total. The summed E-state index contributed by atoms with van der Waals surface area (Å²) in [5.74, 6) is 0.189. The van der Waals surface area contributed by atoms with Gasteiger partial charge >= 0.3 is 0 Å². The van der Waals surface area contributed by atoms with Crippen molar-refractivity contribution in [1.82, 2.24) is 5.32 Å². The Morgan fingerprint density at radius 3 is 3.15 bits per heavy atom. The molecule has 0 radical (unpaired) electrons. The maximum atomic E-state index is 12.0. The first-order valence-electron chi connectivity index (χ1n) is 7.06. The standard InChI is InChI=1S/C15H20N2O3/c18-14(17-9-15(19)5-6-20-10-15)7-11-8-16-13-4-2-1-3-12(11)13/h1-4,11,16,19H,5-10H2,(H,17,18). The lowest BCUT2D eigenvalue weighted by atomic mass is 9.97. The summed E-state index contributed by atoms with van der Waals surface area (Å²) in [7, 11) is 0. The lowest BCUT2D eigenvalue weighted by Gasteiger charge is -2.21. The lowest BCUT2D eigenvalue weighted by molar-refractivity contribution is -0.122. The van der Waals surface area contributed by atoms with E-state index in [-0.39, 0.29) is 18.4 Å². The number of anilines is 1. The predicted molar refractivity (Wildman–Crippen MR) is 75.7 cm³/mol. The molecule has 5 heteroatoms. The maximum absolute atomic E-state index is 12.0. The molecule has 2 aliphatic heterocycles. The third kappa shape index (κ3) is 2.78. The van der Waals surface area contributed by atoms with E-state index in [0.717, 1.165) is 12.2 Å². The molecule has 1 amide bonds. The second-order valence-electron chi connectivity index (χ2n) is 5.67. The summed E-state index contributed by atoms with van der Waals surface area (Å²) >= 11 is 0. The van der Waals surface area contributed by atoms with Crippen molar-refractivity contribution in [2.75, 3.05) is 31.6 Å². The molecule has 20 heavy (non-hydrogen) atoms. The number of para-hydroxylation sites is 1. The molecule has 2 atom stereocenters. The highest BCUT2D eigenvalue weighted by Gasteiger charge is 2.33. The maximum Gasteiger partial charge on any atom is 0.220 e. The van der Waals surface area contributed by atoms with Crippen molar-refractivity contribution < 1.29 is 14.6 Å². The van der Waals surface area contributed by atoms with Crippen LogP contribution in [0.15, 0.2) is 24.3 Å². The molecule has 1 aromatic rings. The molecule has 2 heterocycles. The molecule has 1 aromatic carbocycles. The van der Waals surface area contributed by atoms with E-state index in [9.17, 15) is 9.90 Å². The van der Waals surface area contributed by atoms with Crippen molar-refractivity contribution in [3.05, 3.63) is 29.8 Å². The van der Waals surface area contributed by atoms with E-state index in [0.29, 0.717) is 26.1 Å². The topological polar surface area (TPSA) is 70.6 Å². The molecule has 2 unspecified atom stereocenters. The van der Waals surface area contributed by atoms with Gasteiger partial charge in [0.1, 0.15) is 5.60 Å². The van der Waals surface area contributed by atoms with Gasteiger partial charge in [0.2, 0.25) is 5.91 Å². The van der Waals surface area contributed by atoms with Gasteiger partial charge in [-0.25, -0.2) is 0 Å². The van der Waals surface area contributed by atoms with Crippen LogP contribution in [0, 0.1) is 0 Å². The summed E-state index contributed by atoms with van der Waals surface area (Å²) in [5, 5.41) is 16.2. The zero-order chi connectivity index (χ0) is 14.0. The van der Waals surface area contributed by atoms with E-state index in [4.69, 9.17) is 4.74 Å². The number of ether oxygens (including phenoxy) is 1. The Kier molecular flexibility index (Phi) is 3.63. The van der Waals surface area contributed by atoms with Crippen LogP contribution in [0.5, 0.6) is 0 Å².